The summed E-state index contributed by atoms with van der Waals surface area (Å²) < 4.78 is 41.5. The maximum atomic E-state index is 12.5. The molecule has 1 aliphatic rings. The van der Waals surface area contributed by atoms with Crippen LogP contribution in [0, 0.1) is 0 Å². The number of hydrogen-bond donors (Lipinski definition) is 4. The summed E-state index contributed by atoms with van der Waals surface area (Å²) in [5.74, 6) is -2.79. The summed E-state index contributed by atoms with van der Waals surface area (Å²) in [5, 5.41) is 9.33. The van der Waals surface area contributed by atoms with E-state index in [-0.39, 0.29) is 38.1 Å². The minimum atomic E-state index is -4.95. The SMILES string of the molecule is CC(C)(C)OC(=O)N[C@H](CCCCNC(=O)C(F)(F)F)C(=O)N[C@H]1CCC(=O)N1. The highest BCUT2D eigenvalue weighted by atomic mass is 19.4. The van der Waals surface area contributed by atoms with Gasteiger partial charge in [0.15, 0.2) is 0 Å². The average molecular weight is 424 g/mol. The van der Waals surface area contributed by atoms with Crippen molar-refractivity contribution in [1.82, 2.24) is 21.3 Å². The van der Waals surface area contributed by atoms with Gasteiger partial charge in [0.1, 0.15) is 17.8 Å². The smallest absolute Gasteiger partial charge is 0.444 e. The van der Waals surface area contributed by atoms with Crippen molar-refractivity contribution in [3.63, 3.8) is 0 Å². The Balaban J connectivity index is 2.55. The fourth-order valence-corrected chi connectivity index (χ4v) is 2.49. The van der Waals surface area contributed by atoms with Gasteiger partial charge >= 0.3 is 18.2 Å². The molecule has 12 heteroatoms. The Hall–Kier alpha value is -2.53. The number of nitrogens with one attached hydrogen (secondary N) is 4. The predicted octanol–water partition coefficient (Wildman–Crippen LogP) is 1.08. The number of carbonyl (C=O) groups is 4. The number of unbranched alkanes of at least 4 members (excludes halogenated alkanes) is 1. The molecule has 0 aromatic carbocycles. The normalized spacial score (nSPS) is 17.9. The van der Waals surface area contributed by atoms with Crippen LogP contribution in [-0.2, 0) is 19.1 Å². The number of alkyl carbamates (subject to hydrolysis) is 1. The minimum absolute atomic E-state index is 0.105. The lowest BCUT2D eigenvalue weighted by Gasteiger charge is -2.24. The van der Waals surface area contributed by atoms with Crippen molar-refractivity contribution in [2.24, 2.45) is 0 Å². The van der Waals surface area contributed by atoms with Crippen LogP contribution in [0.3, 0.4) is 0 Å². The molecule has 0 bridgehead atoms. The van der Waals surface area contributed by atoms with Crippen molar-refractivity contribution in [2.75, 3.05) is 6.54 Å². The molecule has 1 fully saturated rings. The molecule has 0 unspecified atom stereocenters. The number of carbonyl (C=O) groups excluding carboxylic acids is 4. The second-order valence-corrected chi connectivity index (χ2v) is 7.62. The third kappa shape index (κ3) is 9.99. The van der Waals surface area contributed by atoms with Gasteiger partial charge in [0.2, 0.25) is 11.8 Å². The Morgan fingerprint density at radius 2 is 1.86 bits per heavy atom. The lowest BCUT2D eigenvalue weighted by Crippen LogP contribution is -2.52. The molecule has 1 saturated heterocycles. The molecule has 1 rings (SSSR count). The molecule has 0 aromatic heterocycles. The van der Waals surface area contributed by atoms with Crippen LogP contribution in [0.5, 0.6) is 0 Å². The van der Waals surface area contributed by atoms with Crippen LogP contribution in [0.1, 0.15) is 52.9 Å². The topological polar surface area (TPSA) is 126 Å². The van der Waals surface area contributed by atoms with E-state index >= 15 is 0 Å². The van der Waals surface area contributed by atoms with Gasteiger partial charge in [-0.05, 0) is 46.5 Å². The first-order valence-electron chi connectivity index (χ1n) is 9.22. The van der Waals surface area contributed by atoms with E-state index in [0.717, 1.165) is 0 Å². The van der Waals surface area contributed by atoms with Gasteiger partial charge in [0.25, 0.3) is 0 Å². The third-order valence-corrected chi connectivity index (χ3v) is 3.78. The van der Waals surface area contributed by atoms with E-state index in [0.29, 0.717) is 6.42 Å². The Morgan fingerprint density at radius 1 is 1.21 bits per heavy atom. The first kappa shape index (κ1) is 24.5. The van der Waals surface area contributed by atoms with E-state index in [2.05, 4.69) is 16.0 Å². The monoisotopic (exact) mass is 424 g/mol. The first-order valence-corrected chi connectivity index (χ1v) is 9.22. The average Bonchev–Trinajstić information content (AvgIpc) is 2.95. The zero-order valence-electron chi connectivity index (χ0n) is 16.6. The molecule has 4 amide bonds. The Bertz CT molecular complexity index is 619. The van der Waals surface area contributed by atoms with Crippen LogP contribution in [-0.4, -0.2) is 54.3 Å². The summed E-state index contributed by atoms with van der Waals surface area (Å²) in [7, 11) is 0. The summed E-state index contributed by atoms with van der Waals surface area (Å²) in [5.41, 5.74) is -0.785. The van der Waals surface area contributed by atoms with Crippen molar-refractivity contribution >= 4 is 23.8 Å². The molecule has 166 valence electrons. The first-order chi connectivity index (χ1) is 13.3. The van der Waals surface area contributed by atoms with Gasteiger partial charge in [-0.3, -0.25) is 14.4 Å². The lowest BCUT2D eigenvalue weighted by molar-refractivity contribution is -0.173. The van der Waals surface area contributed by atoms with Crippen molar-refractivity contribution < 1.29 is 37.1 Å². The second kappa shape index (κ2) is 10.3. The number of alkyl halides is 3. The van der Waals surface area contributed by atoms with E-state index in [1.165, 1.54) is 0 Å². The van der Waals surface area contributed by atoms with Gasteiger partial charge in [-0.1, -0.05) is 0 Å². The molecule has 1 aliphatic heterocycles. The quantitative estimate of drug-likeness (QED) is 0.434. The van der Waals surface area contributed by atoms with Crippen molar-refractivity contribution in [3.05, 3.63) is 0 Å². The molecule has 0 saturated carbocycles. The van der Waals surface area contributed by atoms with E-state index in [1.807, 2.05) is 0 Å². The van der Waals surface area contributed by atoms with Crippen LogP contribution in [0.4, 0.5) is 18.0 Å². The maximum Gasteiger partial charge on any atom is 0.471 e. The molecule has 0 aromatic rings. The van der Waals surface area contributed by atoms with E-state index in [1.54, 1.807) is 26.1 Å². The third-order valence-electron chi connectivity index (χ3n) is 3.78. The van der Waals surface area contributed by atoms with Gasteiger partial charge in [-0.2, -0.15) is 13.2 Å². The largest absolute Gasteiger partial charge is 0.471 e. The molecule has 9 nitrogen and oxygen atoms in total. The molecule has 0 aliphatic carbocycles. The number of hydrogen-bond acceptors (Lipinski definition) is 5. The van der Waals surface area contributed by atoms with E-state index in [4.69, 9.17) is 4.74 Å². The molecular weight excluding hydrogens is 397 g/mol. The van der Waals surface area contributed by atoms with Gasteiger partial charge in [0, 0.05) is 13.0 Å². The Morgan fingerprint density at radius 3 is 2.38 bits per heavy atom. The Kier molecular flexibility index (Phi) is 8.71. The Labute approximate surface area is 166 Å². The highest BCUT2D eigenvalue weighted by Gasteiger charge is 2.38. The summed E-state index contributed by atoms with van der Waals surface area (Å²) in [4.78, 5) is 46.4. The summed E-state index contributed by atoms with van der Waals surface area (Å²) >= 11 is 0. The highest BCUT2D eigenvalue weighted by molar-refractivity contribution is 5.87. The number of amides is 4. The number of rotatable bonds is 8. The van der Waals surface area contributed by atoms with E-state index < -0.39 is 41.9 Å². The standard InChI is InChI=1S/C17H27F3N4O5/c1-16(2,3)29-15(28)22-10(13(26)24-11-7-8-12(25)23-11)6-4-5-9-21-14(27)17(18,19)20/h10-11H,4-9H2,1-3H3,(H,21,27)(H,22,28)(H,23,25)(H,24,26)/t10-,11+/m1/s1. The number of halogens is 3. The van der Waals surface area contributed by atoms with Crippen LogP contribution in [0.25, 0.3) is 0 Å². The second-order valence-electron chi connectivity index (χ2n) is 7.62. The predicted molar refractivity (Wildman–Crippen MR) is 95.4 cm³/mol. The number of ether oxygens (including phenoxy) is 1. The van der Waals surface area contributed by atoms with Crippen LogP contribution in [0.15, 0.2) is 0 Å². The van der Waals surface area contributed by atoms with Gasteiger partial charge < -0.3 is 26.0 Å². The van der Waals surface area contributed by atoms with Crippen LogP contribution >= 0.6 is 0 Å². The molecule has 29 heavy (non-hydrogen) atoms. The highest BCUT2D eigenvalue weighted by Crippen LogP contribution is 2.14. The summed E-state index contributed by atoms with van der Waals surface area (Å²) in [6.45, 7) is 4.73. The van der Waals surface area contributed by atoms with Crippen molar-refractivity contribution in [1.29, 1.82) is 0 Å². The molecule has 0 spiro atoms. The van der Waals surface area contributed by atoms with Gasteiger partial charge in [0.05, 0.1) is 0 Å². The van der Waals surface area contributed by atoms with Gasteiger partial charge in [-0.25, -0.2) is 4.79 Å². The van der Waals surface area contributed by atoms with E-state index in [9.17, 15) is 32.3 Å². The minimum Gasteiger partial charge on any atom is -0.444 e. The molecular formula is C17H27F3N4O5. The van der Waals surface area contributed by atoms with Crippen molar-refractivity contribution in [2.45, 2.75) is 76.9 Å². The molecule has 1 heterocycles. The van der Waals surface area contributed by atoms with Crippen molar-refractivity contribution in [3.8, 4) is 0 Å². The lowest BCUT2D eigenvalue weighted by atomic mass is 10.1. The van der Waals surface area contributed by atoms with Gasteiger partial charge in [-0.15, -0.1) is 0 Å². The summed E-state index contributed by atoms with van der Waals surface area (Å²) in [6, 6.07) is -1.01. The fraction of sp³-hybridized carbons (Fsp3) is 0.765. The zero-order valence-corrected chi connectivity index (χ0v) is 16.6. The zero-order chi connectivity index (χ0) is 22.2. The molecule has 2 atom stereocenters. The van der Waals surface area contributed by atoms with Crippen LogP contribution in [0.2, 0.25) is 0 Å². The fourth-order valence-electron chi connectivity index (χ4n) is 2.49. The molecule has 0 radical (unpaired) electrons. The summed E-state index contributed by atoms with van der Waals surface area (Å²) in [6.07, 6.45) is -5.12. The maximum absolute atomic E-state index is 12.5. The van der Waals surface area contributed by atoms with Crippen LogP contribution < -0.4 is 21.3 Å². The molecule has 4 N–H and O–H groups in total.